The molecular formula is C18H26BrN3O3S. The summed E-state index contributed by atoms with van der Waals surface area (Å²) < 4.78 is 27.8. The van der Waals surface area contributed by atoms with Crippen LogP contribution in [0.4, 0.5) is 0 Å². The molecule has 0 atom stereocenters. The molecule has 8 heteroatoms. The van der Waals surface area contributed by atoms with Gasteiger partial charge in [0.25, 0.3) is 0 Å². The van der Waals surface area contributed by atoms with Gasteiger partial charge in [-0.1, -0.05) is 28.1 Å². The monoisotopic (exact) mass is 443 g/mol. The zero-order chi connectivity index (χ0) is 18.7. The third-order valence-electron chi connectivity index (χ3n) is 5.27. The average molecular weight is 444 g/mol. The van der Waals surface area contributed by atoms with Crippen molar-refractivity contribution in [1.29, 1.82) is 0 Å². The molecule has 2 fully saturated rings. The van der Waals surface area contributed by atoms with Crippen molar-refractivity contribution in [2.24, 2.45) is 5.92 Å². The van der Waals surface area contributed by atoms with Gasteiger partial charge >= 0.3 is 0 Å². The number of nitrogens with zero attached hydrogens (tertiary/aromatic N) is 3. The largest absolute Gasteiger partial charge is 0.340 e. The summed E-state index contributed by atoms with van der Waals surface area (Å²) in [5.74, 6) is 0.165. The molecule has 2 aliphatic heterocycles. The Balaban J connectivity index is 1.54. The summed E-state index contributed by atoms with van der Waals surface area (Å²) in [6.45, 7) is 4.24. The minimum Gasteiger partial charge on any atom is -0.340 e. The van der Waals surface area contributed by atoms with Gasteiger partial charge in [-0.2, -0.15) is 0 Å². The molecular weight excluding hydrogens is 418 g/mol. The number of piperazine rings is 1. The number of halogens is 1. The Hall–Kier alpha value is -0.960. The van der Waals surface area contributed by atoms with Crippen molar-refractivity contribution in [3.8, 4) is 0 Å². The van der Waals surface area contributed by atoms with Crippen LogP contribution in [0.1, 0.15) is 18.4 Å². The van der Waals surface area contributed by atoms with Crippen molar-refractivity contribution in [3.05, 3.63) is 34.3 Å². The lowest BCUT2D eigenvalue weighted by molar-refractivity contribution is -0.138. The van der Waals surface area contributed by atoms with E-state index in [0.29, 0.717) is 25.9 Å². The van der Waals surface area contributed by atoms with Crippen molar-refractivity contribution >= 4 is 31.9 Å². The van der Waals surface area contributed by atoms with Crippen molar-refractivity contribution in [3.63, 3.8) is 0 Å². The highest BCUT2D eigenvalue weighted by Crippen LogP contribution is 2.24. The van der Waals surface area contributed by atoms with E-state index in [-0.39, 0.29) is 17.6 Å². The second kappa shape index (κ2) is 8.37. The molecule has 2 saturated heterocycles. The quantitative estimate of drug-likeness (QED) is 0.711. The fraction of sp³-hybridized carbons (Fsp3) is 0.611. The van der Waals surface area contributed by atoms with Crippen molar-refractivity contribution in [2.75, 3.05) is 46.3 Å². The summed E-state index contributed by atoms with van der Waals surface area (Å²) in [5.41, 5.74) is 0.781. The van der Waals surface area contributed by atoms with Gasteiger partial charge in [-0.25, -0.2) is 12.7 Å². The van der Waals surface area contributed by atoms with Gasteiger partial charge in [-0.15, -0.1) is 0 Å². The number of amides is 1. The number of likely N-dealkylation sites (N-methyl/N-ethyl adjacent to an activating group) is 1. The Morgan fingerprint density at radius 2 is 1.62 bits per heavy atom. The molecule has 6 nitrogen and oxygen atoms in total. The lowest BCUT2D eigenvalue weighted by Crippen LogP contribution is -2.51. The lowest BCUT2D eigenvalue weighted by Gasteiger charge is -2.37. The molecule has 26 heavy (non-hydrogen) atoms. The maximum absolute atomic E-state index is 12.7. The topological polar surface area (TPSA) is 60.9 Å². The van der Waals surface area contributed by atoms with Gasteiger partial charge in [-0.3, -0.25) is 4.79 Å². The van der Waals surface area contributed by atoms with E-state index in [2.05, 4.69) is 27.9 Å². The maximum Gasteiger partial charge on any atom is 0.225 e. The first kappa shape index (κ1) is 19.8. The van der Waals surface area contributed by atoms with Crippen LogP contribution in [0.15, 0.2) is 28.7 Å². The molecule has 0 radical (unpaired) electrons. The highest BCUT2D eigenvalue weighted by atomic mass is 79.9. The highest BCUT2D eigenvalue weighted by molar-refractivity contribution is 9.10. The van der Waals surface area contributed by atoms with Gasteiger partial charge < -0.3 is 9.80 Å². The second-order valence-corrected chi connectivity index (χ2v) is 10.1. The van der Waals surface area contributed by atoms with Gasteiger partial charge in [-0.05, 0) is 37.6 Å². The summed E-state index contributed by atoms with van der Waals surface area (Å²) in [6, 6.07) is 7.36. The van der Waals surface area contributed by atoms with Gasteiger partial charge in [0, 0.05) is 49.7 Å². The minimum atomic E-state index is -3.34. The molecule has 2 heterocycles. The van der Waals surface area contributed by atoms with Crippen LogP contribution in [0.2, 0.25) is 0 Å². The standard InChI is InChI=1S/C18H26BrN3O3S/c1-20-10-12-21(13-11-20)18(23)16-6-8-22(9-7-16)26(24,25)14-15-2-4-17(19)5-3-15/h2-5,16H,6-14H2,1H3. The Kier molecular flexibility index (Phi) is 6.37. The number of rotatable bonds is 4. The second-order valence-electron chi connectivity index (χ2n) is 7.18. The van der Waals surface area contributed by atoms with Crippen LogP contribution in [-0.2, 0) is 20.6 Å². The van der Waals surface area contributed by atoms with E-state index in [1.54, 1.807) is 4.31 Å². The molecule has 0 N–H and O–H groups in total. The van der Waals surface area contributed by atoms with Gasteiger partial charge in [0.05, 0.1) is 5.75 Å². The predicted molar refractivity (Wildman–Crippen MR) is 105 cm³/mol. The Labute approximate surface area is 164 Å². The minimum absolute atomic E-state index is 0.0113. The molecule has 144 valence electrons. The summed E-state index contributed by atoms with van der Waals surface area (Å²) in [4.78, 5) is 16.8. The molecule has 1 amide bonds. The highest BCUT2D eigenvalue weighted by Gasteiger charge is 2.33. The number of hydrogen-bond acceptors (Lipinski definition) is 4. The van der Waals surface area contributed by atoms with E-state index < -0.39 is 10.0 Å². The Morgan fingerprint density at radius 3 is 2.19 bits per heavy atom. The molecule has 1 aromatic carbocycles. The van der Waals surface area contributed by atoms with Crippen LogP contribution in [-0.4, -0.2) is 74.7 Å². The third-order valence-corrected chi connectivity index (χ3v) is 7.65. The summed E-state index contributed by atoms with van der Waals surface area (Å²) in [5, 5.41) is 0. The number of hydrogen-bond donors (Lipinski definition) is 0. The number of benzene rings is 1. The van der Waals surface area contributed by atoms with Crippen molar-refractivity contribution < 1.29 is 13.2 Å². The summed E-state index contributed by atoms with van der Waals surface area (Å²) >= 11 is 3.36. The van der Waals surface area contributed by atoms with Crippen LogP contribution in [0.5, 0.6) is 0 Å². The summed E-state index contributed by atoms with van der Waals surface area (Å²) in [7, 11) is -1.28. The molecule has 0 bridgehead atoms. The number of sulfonamides is 1. The maximum atomic E-state index is 12.7. The fourth-order valence-electron chi connectivity index (χ4n) is 3.55. The first-order chi connectivity index (χ1) is 12.3. The van der Waals surface area contributed by atoms with Crippen LogP contribution in [0, 0.1) is 5.92 Å². The molecule has 2 aliphatic rings. The van der Waals surface area contributed by atoms with Crippen LogP contribution in [0.3, 0.4) is 0 Å². The molecule has 3 rings (SSSR count). The smallest absolute Gasteiger partial charge is 0.225 e. The molecule has 0 saturated carbocycles. The van der Waals surface area contributed by atoms with E-state index in [0.717, 1.165) is 36.2 Å². The summed E-state index contributed by atoms with van der Waals surface area (Å²) in [6.07, 6.45) is 1.23. The van der Waals surface area contributed by atoms with E-state index in [4.69, 9.17) is 0 Å². The molecule has 0 aliphatic carbocycles. The van der Waals surface area contributed by atoms with Crippen LogP contribution >= 0.6 is 15.9 Å². The number of piperidine rings is 1. The van der Waals surface area contributed by atoms with Gasteiger partial charge in [0.2, 0.25) is 15.9 Å². The van der Waals surface area contributed by atoms with Crippen LogP contribution in [0.25, 0.3) is 0 Å². The van der Waals surface area contributed by atoms with Crippen molar-refractivity contribution in [1.82, 2.24) is 14.1 Å². The zero-order valence-electron chi connectivity index (χ0n) is 15.1. The van der Waals surface area contributed by atoms with Crippen LogP contribution < -0.4 is 0 Å². The van der Waals surface area contributed by atoms with Gasteiger partial charge in [0.15, 0.2) is 0 Å². The predicted octanol–water partition coefficient (Wildman–Crippen LogP) is 1.76. The third kappa shape index (κ3) is 4.85. The fourth-order valence-corrected chi connectivity index (χ4v) is 5.38. The van der Waals surface area contributed by atoms with Gasteiger partial charge in [0.1, 0.15) is 0 Å². The van der Waals surface area contributed by atoms with E-state index >= 15 is 0 Å². The zero-order valence-corrected chi connectivity index (χ0v) is 17.5. The van der Waals surface area contributed by atoms with E-state index in [1.807, 2.05) is 29.2 Å². The van der Waals surface area contributed by atoms with E-state index in [1.165, 1.54) is 0 Å². The average Bonchev–Trinajstić information content (AvgIpc) is 2.64. The molecule has 0 spiro atoms. The Bertz CT molecular complexity index is 723. The molecule has 1 aromatic rings. The first-order valence-corrected chi connectivity index (χ1v) is 11.4. The van der Waals surface area contributed by atoms with Crippen molar-refractivity contribution in [2.45, 2.75) is 18.6 Å². The first-order valence-electron chi connectivity index (χ1n) is 9.05. The number of carbonyl (C=O) groups is 1. The van der Waals surface area contributed by atoms with E-state index in [9.17, 15) is 13.2 Å². The normalized spacial score (nSPS) is 21.1. The Morgan fingerprint density at radius 1 is 1.04 bits per heavy atom. The SMILES string of the molecule is CN1CCN(C(=O)C2CCN(S(=O)(=O)Cc3ccc(Br)cc3)CC2)CC1. The molecule has 0 unspecified atom stereocenters. The molecule has 0 aromatic heterocycles. The lowest BCUT2D eigenvalue weighted by atomic mass is 9.96. The number of carbonyl (C=O) groups excluding carboxylic acids is 1.